The van der Waals surface area contributed by atoms with Crippen LogP contribution in [0.1, 0.15) is 40.2 Å². The van der Waals surface area contributed by atoms with Crippen molar-refractivity contribution in [1.82, 2.24) is 4.90 Å². The summed E-state index contributed by atoms with van der Waals surface area (Å²) in [6, 6.07) is 10.4. The van der Waals surface area contributed by atoms with Crippen LogP contribution in [0, 0.1) is 5.92 Å². The molecule has 1 aliphatic rings. The molecule has 0 saturated carbocycles. The monoisotopic (exact) mass is 379 g/mol. The van der Waals surface area contributed by atoms with Gasteiger partial charge in [0, 0.05) is 6.54 Å². The van der Waals surface area contributed by atoms with Gasteiger partial charge in [-0.25, -0.2) is 0 Å². The topological polar surface area (TPSA) is 41.9 Å². The van der Waals surface area contributed by atoms with Crippen LogP contribution < -0.4 is 0 Å². The van der Waals surface area contributed by atoms with Gasteiger partial charge in [0.05, 0.1) is 24.9 Å². The Morgan fingerprint density at radius 1 is 1.27 bits per heavy atom. The minimum atomic E-state index is -1.92. The zero-order valence-electron chi connectivity index (χ0n) is 17.6. The van der Waals surface area contributed by atoms with E-state index in [2.05, 4.69) is 76.9 Å². The highest BCUT2D eigenvalue weighted by atomic mass is 28.4. The molecule has 0 spiro atoms. The molecule has 1 N–H and O–H groups in total. The molecule has 1 aliphatic heterocycles. The van der Waals surface area contributed by atoms with Crippen LogP contribution in [0.25, 0.3) is 0 Å². The summed E-state index contributed by atoms with van der Waals surface area (Å²) in [5, 5.41) is 10.6. The van der Waals surface area contributed by atoms with Crippen LogP contribution in [-0.4, -0.2) is 49.9 Å². The van der Waals surface area contributed by atoms with E-state index in [0.29, 0.717) is 19.3 Å². The first-order valence-corrected chi connectivity index (χ1v) is 12.6. The van der Waals surface area contributed by atoms with Gasteiger partial charge in [0.2, 0.25) is 0 Å². The van der Waals surface area contributed by atoms with Gasteiger partial charge in [0.15, 0.2) is 8.32 Å². The highest BCUT2D eigenvalue weighted by Gasteiger charge is 2.52. The minimum Gasteiger partial charge on any atom is -0.415 e. The fourth-order valence-electron chi connectivity index (χ4n) is 3.38. The Kier molecular flexibility index (Phi) is 6.73. The largest absolute Gasteiger partial charge is 0.415 e. The second-order valence-corrected chi connectivity index (χ2v) is 14.3. The van der Waals surface area contributed by atoms with Gasteiger partial charge in [-0.3, -0.25) is 4.90 Å². The fourth-order valence-corrected chi connectivity index (χ4v) is 4.43. The normalized spacial score (nSPS) is 25.2. The van der Waals surface area contributed by atoms with E-state index in [9.17, 15) is 5.11 Å². The summed E-state index contributed by atoms with van der Waals surface area (Å²) >= 11 is 0. The van der Waals surface area contributed by atoms with E-state index < -0.39 is 13.9 Å². The van der Waals surface area contributed by atoms with Crippen molar-refractivity contribution >= 4 is 8.32 Å². The lowest BCUT2D eigenvalue weighted by atomic mass is 9.86. The number of aliphatic hydroxyl groups excluding tert-OH is 1. The number of hydrogen-bond donors (Lipinski definition) is 1. The zero-order chi connectivity index (χ0) is 19.6. The second-order valence-electron chi connectivity index (χ2n) is 9.45. The number of ether oxygens (including phenoxy) is 1. The van der Waals surface area contributed by atoms with Crippen LogP contribution >= 0.6 is 0 Å². The summed E-state index contributed by atoms with van der Waals surface area (Å²) in [6.45, 7) is 17.4. The average Bonchev–Trinajstić information content (AvgIpc) is 2.92. The molecule has 0 bridgehead atoms. The lowest BCUT2D eigenvalue weighted by Gasteiger charge is -2.44. The van der Waals surface area contributed by atoms with Gasteiger partial charge >= 0.3 is 0 Å². The molecule has 148 valence electrons. The molecular weight excluding hydrogens is 342 g/mol. The SMILES string of the molecule is CC(C)[C@H]1OCN(Cc2ccccc2)[C@@]1(CO)CO[Si](C)(C)C(C)(C)C. The number of benzene rings is 1. The third-order valence-corrected chi connectivity index (χ3v) is 10.6. The van der Waals surface area contributed by atoms with Crippen LogP contribution in [0.5, 0.6) is 0 Å². The van der Waals surface area contributed by atoms with Crippen LogP contribution in [-0.2, 0) is 15.7 Å². The molecule has 0 amide bonds. The predicted molar refractivity (Wildman–Crippen MR) is 110 cm³/mol. The van der Waals surface area contributed by atoms with Crippen molar-refractivity contribution in [2.24, 2.45) is 5.92 Å². The lowest BCUT2D eigenvalue weighted by Crippen LogP contribution is -2.60. The van der Waals surface area contributed by atoms with Gasteiger partial charge in [-0.05, 0) is 29.6 Å². The molecule has 4 nitrogen and oxygen atoms in total. The van der Waals surface area contributed by atoms with Crippen molar-refractivity contribution in [3.8, 4) is 0 Å². The van der Waals surface area contributed by atoms with Crippen molar-refractivity contribution < 1.29 is 14.3 Å². The second kappa shape index (κ2) is 8.11. The molecule has 0 unspecified atom stereocenters. The third-order valence-electron chi connectivity index (χ3n) is 6.15. The molecule has 1 fully saturated rings. The molecule has 0 aliphatic carbocycles. The first-order chi connectivity index (χ1) is 12.0. The Morgan fingerprint density at radius 2 is 1.88 bits per heavy atom. The van der Waals surface area contributed by atoms with E-state index in [1.807, 2.05) is 6.07 Å². The first kappa shape index (κ1) is 21.6. The fraction of sp³-hybridized carbons (Fsp3) is 0.714. The van der Waals surface area contributed by atoms with Crippen molar-refractivity contribution in [3.05, 3.63) is 35.9 Å². The molecule has 0 aromatic heterocycles. The Hall–Kier alpha value is -0.723. The summed E-state index contributed by atoms with van der Waals surface area (Å²) in [5.74, 6) is 0.311. The summed E-state index contributed by atoms with van der Waals surface area (Å²) in [4.78, 5) is 2.26. The van der Waals surface area contributed by atoms with E-state index in [1.54, 1.807) is 0 Å². The quantitative estimate of drug-likeness (QED) is 0.719. The van der Waals surface area contributed by atoms with Crippen molar-refractivity contribution in [3.63, 3.8) is 0 Å². The number of aliphatic hydroxyl groups is 1. The number of nitrogens with zero attached hydrogens (tertiary/aromatic N) is 1. The molecular formula is C21H37NO3Si. The van der Waals surface area contributed by atoms with E-state index in [0.717, 1.165) is 6.54 Å². The Balaban J connectivity index is 2.27. The van der Waals surface area contributed by atoms with E-state index in [4.69, 9.17) is 9.16 Å². The molecule has 1 heterocycles. The van der Waals surface area contributed by atoms with Gasteiger partial charge in [-0.2, -0.15) is 0 Å². The maximum atomic E-state index is 10.5. The van der Waals surface area contributed by atoms with Gasteiger partial charge in [0.1, 0.15) is 6.73 Å². The predicted octanol–water partition coefficient (Wildman–Crippen LogP) is 4.25. The van der Waals surface area contributed by atoms with E-state index in [1.165, 1.54) is 5.56 Å². The minimum absolute atomic E-state index is 0.0390. The Bertz CT molecular complexity index is 570. The van der Waals surface area contributed by atoms with E-state index >= 15 is 0 Å². The molecule has 2 rings (SSSR count). The summed E-state index contributed by atoms with van der Waals surface area (Å²) in [7, 11) is -1.92. The van der Waals surface area contributed by atoms with E-state index in [-0.39, 0.29) is 17.7 Å². The van der Waals surface area contributed by atoms with Gasteiger partial charge < -0.3 is 14.3 Å². The number of hydrogen-bond acceptors (Lipinski definition) is 4. The first-order valence-electron chi connectivity index (χ1n) is 9.69. The smallest absolute Gasteiger partial charge is 0.192 e. The van der Waals surface area contributed by atoms with Crippen LogP contribution in [0.4, 0.5) is 0 Å². The standard InChI is InChI=1S/C21H37NO3Si/c1-17(2)19-21(14-23,15-25-26(6,7)20(3,4)5)22(16-24-19)13-18-11-9-8-10-12-18/h8-12,17,19,23H,13-16H2,1-7H3/t19-,21+/m1/s1. The zero-order valence-corrected chi connectivity index (χ0v) is 18.6. The molecule has 1 aromatic carbocycles. The van der Waals surface area contributed by atoms with Crippen molar-refractivity contribution in [1.29, 1.82) is 0 Å². The highest BCUT2D eigenvalue weighted by molar-refractivity contribution is 6.74. The lowest BCUT2D eigenvalue weighted by molar-refractivity contribution is -0.0206. The summed E-state index contributed by atoms with van der Waals surface area (Å²) in [5.41, 5.74) is 0.727. The maximum Gasteiger partial charge on any atom is 0.192 e. The Labute approximate surface area is 160 Å². The summed E-state index contributed by atoms with van der Waals surface area (Å²) in [6.07, 6.45) is -0.0408. The van der Waals surface area contributed by atoms with Gasteiger partial charge in [-0.1, -0.05) is 65.0 Å². The highest BCUT2D eigenvalue weighted by Crippen LogP contribution is 2.40. The van der Waals surface area contributed by atoms with Crippen LogP contribution in [0.15, 0.2) is 30.3 Å². The van der Waals surface area contributed by atoms with Crippen LogP contribution in [0.3, 0.4) is 0 Å². The Morgan fingerprint density at radius 3 is 2.38 bits per heavy atom. The average molecular weight is 380 g/mol. The third kappa shape index (κ3) is 4.39. The number of rotatable bonds is 7. The molecule has 5 heteroatoms. The van der Waals surface area contributed by atoms with Crippen molar-refractivity contribution in [2.75, 3.05) is 19.9 Å². The van der Waals surface area contributed by atoms with Crippen LogP contribution in [0.2, 0.25) is 18.1 Å². The molecule has 26 heavy (non-hydrogen) atoms. The molecule has 1 saturated heterocycles. The molecule has 0 radical (unpaired) electrons. The van der Waals surface area contributed by atoms with Gasteiger partial charge in [-0.15, -0.1) is 0 Å². The molecule has 1 aromatic rings. The molecule has 2 atom stereocenters. The summed E-state index contributed by atoms with van der Waals surface area (Å²) < 4.78 is 12.7. The van der Waals surface area contributed by atoms with Gasteiger partial charge in [0.25, 0.3) is 0 Å². The van der Waals surface area contributed by atoms with Crippen molar-refractivity contribution in [2.45, 2.75) is 70.9 Å². The maximum absolute atomic E-state index is 10.5.